The molecule has 1 aromatic heterocycles. The van der Waals surface area contributed by atoms with Crippen molar-refractivity contribution in [2.45, 2.75) is 25.3 Å². The fraction of sp³-hybridized carbons (Fsp3) is 0.353. The number of benzene rings is 1. The van der Waals surface area contributed by atoms with E-state index in [4.69, 9.17) is 4.74 Å². The lowest BCUT2D eigenvalue weighted by atomic mass is 9.96. The number of para-hydroxylation sites is 1. The fourth-order valence-corrected chi connectivity index (χ4v) is 4.03. The molecular weight excluding hydrogens is 282 g/mol. The van der Waals surface area contributed by atoms with Crippen LogP contribution in [0.5, 0.6) is 5.75 Å². The molecule has 1 unspecified atom stereocenters. The summed E-state index contributed by atoms with van der Waals surface area (Å²) >= 11 is 1.81. The second-order valence-electron chi connectivity index (χ2n) is 5.71. The third kappa shape index (κ3) is 2.44. The van der Waals surface area contributed by atoms with Crippen molar-refractivity contribution in [1.82, 2.24) is 4.90 Å². The van der Waals surface area contributed by atoms with Gasteiger partial charge in [-0.2, -0.15) is 0 Å². The zero-order valence-corrected chi connectivity index (χ0v) is 12.5. The third-order valence-electron chi connectivity index (χ3n) is 4.27. The summed E-state index contributed by atoms with van der Waals surface area (Å²) in [4.78, 5) is 15.9. The normalized spacial score (nSPS) is 21.0. The molecule has 0 saturated heterocycles. The summed E-state index contributed by atoms with van der Waals surface area (Å²) in [5.41, 5.74) is 1.35. The Morgan fingerprint density at radius 2 is 2.00 bits per heavy atom. The molecule has 1 aromatic carbocycles. The number of rotatable bonds is 2. The Labute approximate surface area is 128 Å². The Hall–Kier alpha value is -1.81. The molecule has 1 aliphatic heterocycles. The smallest absolute Gasteiger partial charge is 0.410 e. The van der Waals surface area contributed by atoms with E-state index in [-0.39, 0.29) is 12.1 Å². The van der Waals surface area contributed by atoms with Crippen molar-refractivity contribution in [3.8, 4) is 5.75 Å². The van der Waals surface area contributed by atoms with E-state index in [1.807, 2.05) is 46.6 Å². The number of hydrogen-bond acceptors (Lipinski definition) is 3. The number of nitrogens with zero attached hydrogens (tertiary/aromatic N) is 1. The summed E-state index contributed by atoms with van der Waals surface area (Å²) in [6.07, 6.45) is 3.17. The van der Waals surface area contributed by atoms with E-state index in [1.165, 1.54) is 23.3 Å². The maximum Gasteiger partial charge on any atom is 0.415 e. The third-order valence-corrected chi connectivity index (χ3v) is 5.26. The number of ether oxygens (including phenoxy) is 1. The molecule has 2 heterocycles. The second-order valence-corrected chi connectivity index (χ2v) is 6.71. The van der Waals surface area contributed by atoms with E-state index < -0.39 is 0 Å². The first-order valence-electron chi connectivity index (χ1n) is 7.42. The molecule has 108 valence electrons. The van der Waals surface area contributed by atoms with Crippen molar-refractivity contribution in [3.05, 3.63) is 52.2 Å². The molecule has 0 radical (unpaired) electrons. The zero-order valence-electron chi connectivity index (χ0n) is 11.7. The van der Waals surface area contributed by atoms with Gasteiger partial charge in [-0.05, 0) is 54.3 Å². The molecule has 1 aliphatic carbocycles. The standard InChI is InChI=1S/C17H17NO2S/c19-17(20-13-4-2-1-3-5-13)18-10-8-15-14(9-11-21-15)16(18)12-6-7-12/h1-5,9,11-12,16H,6-8,10H2. The van der Waals surface area contributed by atoms with Crippen molar-refractivity contribution in [2.75, 3.05) is 6.54 Å². The van der Waals surface area contributed by atoms with E-state index in [0.29, 0.717) is 11.7 Å². The van der Waals surface area contributed by atoms with Crippen LogP contribution in [0.4, 0.5) is 4.79 Å². The number of hydrogen-bond donors (Lipinski definition) is 0. The van der Waals surface area contributed by atoms with E-state index in [0.717, 1.165) is 13.0 Å². The number of carbonyl (C=O) groups is 1. The van der Waals surface area contributed by atoms with Crippen LogP contribution in [0.2, 0.25) is 0 Å². The minimum absolute atomic E-state index is 0.213. The van der Waals surface area contributed by atoms with Crippen molar-refractivity contribution >= 4 is 17.4 Å². The summed E-state index contributed by atoms with van der Waals surface area (Å²) in [5, 5.41) is 2.14. The molecule has 2 aliphatic rings. The Kier molecular flexibility index (Phi) is 3.19. The van der Waals surface area contributed by atoms with Crippen LogP contribution < -0.4 is 4.74 Å². The maximum atomic E-state index is 12.5. The molecular formula is C17H17NO2S. The summed E-state index contributed by atoms with van der Waals surface area (Å²) in [5.74, 6) is 1.23. The van der Waals surface area contributed by atoms with Gasteiger partial charge in [-0.25, -0.2) is 4.79 Å². The van der Waals surface area contributed by atoms with Crippen LogP contribution in [0.15, 0.2) is 41.8 Å². The molecule has 1 amide bonds. The van der Waals surface area contributed by atoms with Crippen LogP contribution in [0.25, 0.3) is 0 Å². The number of thiophene rings is 1. The van der Waals surface area contributed by atoms with Gasteiger partial charge in [-0.3, -0.25) is 0 Å². The van der Waals surface area contributed by atoms with Gasteiger partial charge in [0.1, 0.15) is 5.75 Å². The van der Waals surface area contributed by atoms with Crippen LogP contribution >= 0.6 is 11.3 Å². The van der Waals surface area contributed by atoms with Gasteiger partial charge in [0.15, 0.2) is 0 Å². The van der Waals surface area contributed by atoms with Gasteiger partial charge in [-0.1, -0.05) is 18.2 Å². The molecule has 0 spiro atoms. The van der Waals surface area contributed by atoms with Gasteiger partial charge >= 0.3 is 6.09 Å². The van der Waals surface area contributed by atoms with Gasteiger partial charge in [0.25, 0.3) is 0 Å². The lowest BCUT2D eigenvalue weighted by Gasteiger charge is -2.35. The van der Waals surface area contributed by atoms with Gasteiger partial charge in [0.05, 0.1) is 6.04 Å². The second kappa shape index (κ2) is 5.19. The highest BCUT2D eigenvalue weighted by molar-refractivity contribution is 7.10. The molecule has 0 bridgehead atoms. The Morgan fingerprint density at radius 3 is 2.76 bits per heavy atom. The van der Waals surface area contributed by atoms with Gasteiger partial charge < -0.3 is 9.64 Å². The average molecular weight is 299 g/mol. The molecule has 1 atom stereocenters. The van der Waals surface area contributed by atoms with Crippen LogP contribution in [-0.2, 0) is 6.42 Å². The quantitative estimate of drug-likeness (QED) is 0.829. The van der Waals surface area contributed by atoms with Gasteiger partial charge in [-0.15, -0.1) is 11.3 Å². The zero-order chi connectivity index (χ0) is 14.2. The lowest BCUT2D eigenvalue weighted by molar-refractivity contribution is 0.120. The van der Waals surface area contributed by atoms with Crippen LogP contribution in [0.3, 0.4) is 0 Å². The van der Waals surface area contributed by atoms with Crippen LogP contribution in [0.1, 0.15) is 29.3 Å². The molecule has 1 saturated carbocycles. The number of amides is 1. The van der Waals surface area contributed by atoms with Crippen LogP contribution in [0, 0.1) is 5.92 Å². The summed E-state index contributed by atoms with van der Waals surface area (Å²) in [7, 11) is 0. The average Bonchev–Trinajstić information content (AvgIpc) is 3.23. The Bertz CT molecular complexity index is 648. The largest absolute Gasteiger partial charge is 0.415 e. The number of carbonyl (C=O) groups excluding carboxylic acids is 1. The van der Waals surface area contributed by atoms with Crippen molar-refractivity contribution in [3.63, 3.8) is 0 Å². The van der Waals surface area contributed by atoms with Gasteiger partial charge in [0.2, 0.25) is 0 Å². The monoisotopic (exact) mass is 299 g/mol. The minimum atomic E-state index is -0.213. The van der Waals surface area contributed by atoms with Crippen LogP contribution in [-0.4, -0.2) is 17.5 Å². The predicted octanol–water partition coefficient (Wildman–Crippen LogP) is 4.26. The highest BCUT2D eigenvalue weighted by Gasteiger charge is 2.42. The first kappa shape index (κ1) is 12.9. The molecule has 0 N–H and O–H groups in total. The Morgan fingerprint density at radius 1 is 1.19 bits per heavy atom. The first-order chi connectivity index (χ1) is 10.3. The molecule has 4 rings (SSSR count). The molecule has 3 nitrogen and oxygen atoms in total. The van der Waals surface area contributed by atoms with E-state index in [1.54, 1.807) is 0 Å². The van der Waals surface area contributed by atoms with Crippen molar-refractivity contribution in [2.24, 2.45) is 5.92 Å². The highest BCUT2D eigenvalue weighted by Crippen LogP contribution is 2.48. The van der Waals surface area contributed by atoms with Crippen molar-refractivity contribution < 1.29 is 9.53 Å². The lowest BCUT2D eigenvalue weighted by Crippen LogP contribution is -2.42. The van der Waals surface area contributed by atoms with E-state index in [9.17, 15) is 4.79 Å². The topological polar surface area (TPSA) is 29.5 Å². The highest BCUT2D eigenvalue weighted by atomic mass is 32.1. The predicted molar refractivity (Wildman–Crippen MR) is 82.7 cm³/mol. The molecule has 4 heteroatoms. The first-order valence-corrected chi connectivity index (χ1v) is 8.30. The minimum Gasteiger partial charge on any atom is -0.410 e. The molecule has 2 aromatic rings. The maximum absolute atomic E-state index is 12.5. The number of fused-ring (bicyclic) bond motifs is 1. The van der Waals surface area contributed by atoms with E-state index >= 15 is 0 Å². The molecule has 1 fully saturated rings. The fourth-order valence-electron chi connectivity index (χ4n) is 3.12. The summed E-state index contributed by atoms with van der Waals surface area (Å²) in [6, 6.07) is 11.7. The summed E-state index contributed by atoms with van der Waals surface area (Å²) in [6.45, 7) is 0.764. The van der Waals surface area contributed by atoms with Crippen molar-refractivity contribution in [1.29, 1.82) is 0 Å². The van der Waals surface area contributed by atoms with Gasteiger partial charge in [0, 0.05) is 11.4 Å². The molecule has 21 heavy (non-hydrogen) atoms. The van der Waals surface area contributed by atoms with E-state index in [2.05, 4.69) is 11.4 Å². The Balaban J connectivity index is 1.58. The summed E-state index contributed by atoms with van der Waals surface area (Å²) < 4.78 is 5.54. The SMILES string of the molecule is O=C(Oc1ccccc1)N1CCc2sccc2C1C1CC1.